The molecule has 0 spiro atoms. The van der Waals surface area contributed by atoms with E-state index in [1.165, 1.54) is 7.11 Å². The van der Waals surface area contributed by atoms with Gasteiger partial charge in [-0.1, -0.05) is 18.5 Å². The highest BCUT2D eigenvalue weighted by Gasteiger charge is 2.16. The minimum atomic E-state index is -0.0929. The van der Waals surface area contributed by atoms with Crippen LogP contribution in [0.3, 0.4) is 0 Å². The molecule has 1 aromatic heterocycles. The molecule has 100 valence electrons. The van der Waals surface area contributed by atoms with Gasteiger partial charge < -0.3 is 4.74 Å². The third kappa shape index (κ3) is 2.63. The topological polar surface area (TPSA) is 44.1 Å². The first-order chi connectivity index (χ1) is 9.06. The van der Waals surface area contributed by atoms with Crippen LogP contribution in [0.1, 0.15) is 28.7 Å². The van der Waals surface area contributed by atoms with E-state index >= 15 is 0 Å². The van der Waals surface area contributed by atoms with E-state index in [4.69, 9.17) is 16.3 Å². The maximum Gasteiger partial charge on any atom is 0.211 e. The number of halogens is 1. The summed E-state index contributed by atoms with van der Waals surface area (Å²) >= 11 is 5.95. The molecule has 0 bridgehead atoms. The Balaban J connectivity index is 2.40. The number of ether oxygens (including phenoxy) is 1. The minimum absolute atomic E-state index is 0.0929. The first-order valence-electron chi connectivity index (χ1n) is 5.98. The lowest BCUT2D eigenvalue weighted by Crippen LogP contribution is -2.08. The average molecular weight is 279 g/mol. The molecule has 0 N–H and O–H groups in total. The van der Waals surface area contributed by atoms with Crippen molar-refractivity contribution in [1.82, 2.24) is 9.78 Å². The van der Waals surface area contributed by atoms with E-state index in [0.29, 0.717) is 22.0 Å². The summed E-state index contributed by atoms with van der Waals surface area (Å²) in [6, 6.07) is 6.79. The zero-order valence-corrected chi connectivity index (χ0v) is 11.9. The van der Waals surface area contributed by atoms with Gasteiger partial charge in [0.1, 0.15) is 11.4 Å². The van der Waals surface area contributed by atoms with E-state index in [0.717, 1.165) is 12.1 Å². The quantitative estimate of drug-likeness (QED) is 0.808. The molecule has 1 heterocycles. The molecular weight excluding hydrogens is 264 g/mol. The summed E-state index contributed by atoms with van der Waals surface area (Å²) < 4.78 is 6.72. The van der Waals surface area contributed by atoms with Crippen molar-refractivity contribution >= 4 is 17.4 Å². The van der Waals surface area contributed by atoms with Crippen molar-refractivity contribution in [2.75, 3.05) is 7.11 Å². The number of methoxy groups -OCH3 is 1. The lowest BCUT2D eigenvalue weighted by Gasteiger charge is -2.06. The minimum Gasteiger partial charge on any atom is -0.495 e. The molecule has 0 aliphatic heterocycles. The van der Waals surface area contributed by atoms with Crippen molar-refractivity contribution in [3.05, 3.63) is 46.2 Å². The number of hydrogen-bond acceptors (Lipinski definition) is 3. The van der Waals surface area contributed by atoms with Gasteiger partial charge in [-0.25, -0.2) is 0 Å². The zero-order chi connectivity index (χ0) is 14.0. The highest BCUT2D eigenvalue weighted by Crippen LogP contribution is 2.26. The van der Waals surface area contributed by atoms with Crippen LogP contribution in [-0.4, -0.2) is 22.7 Å². The van der Waals surface area contributed by atoms with Gasteiger partial charge in [-0.3, -0.25) is 9.48 Å². The second-order valence-corrected chi connectivity index (χ2v) is 4.58. The zero-order valence-electron chi connectivity index (χ0n) is 11.1. The Hall–Kier alpha value is -1.81. The Morgan fingerprint density at radius 3 is 2.74 bits per heavy atom. The standard InChI is InChI=1S/C14H15ClN2O2/c1-4-10-8-12(17(2)16-10)14(18)9-5-6-11(15)13(7-9)19-3/h5-8H,4H2,1-3H3. The van der Waals surface area contributed by atoms with Crippen molar-refractivity contribution in [2.45, 2.75) is 13.3 Å². The van der Waals surface area contributed by atoms with Crippen LogP contribution < -0.4 is 4.74 Å². The Labute approximate surface area is 116 Å². The molecule has 1 aromatic carbocycles. The molecule has 0 saturated heterocycles. The van der Waals surface area contributed by atoms with Crippen LogP contribution in [0.5, 0.6) is 5.75 Å². The van der Waals surface area contributed by atoms with Crippen LogP contribution in [0.15, 0.2) is 24.3 Å². The molecule has 0 aliphatic rings. The molecule has 0 unspecified atom stereocenters. The summed E-state index contributed by atoms with van der Waals surface area (Å²) in [5, 5.41) is 4.76. The molecule has 5 heteroatoms. The fourth-order valence-electron chi connectivity index (χ4n) is 1.86. The van der Waals surface area contributed by atoms with Gasteiger partial charge >= 0.3 is 0 Å². The average Bonchev–Trinajstić information content (AvgIpc) is 2.80. The van der Waals surface area contributed by atoms with Crippen LogP contribution >= 0.6 is 11.6 Å². The van der Waals surface area contributed by atoms with Crippen molar-refractivity contribution in [3.8, 4) is 5.75 Å². The van der Waals surface area contributed by atoms with E-state index < -0.39 is 0 Å². The number of benzene rings is 1. The molecule has 0 aliphatic carbocycles. The van der Waals surface area contributed by atoms with Crippen LogP contribution in [0.25, 0.3) is 0 Å². The van der Waals surface area contributed by atoms with E-state index in [9.17, 15) is 4.79 Å². The Morgan fingerprint density at radius 2 is 2.16 bits per heavy atom. The highest BCUT2D eigenvalue weighted by atomic mass is 35.5. The summed E-state index contributed by atoms with van der Waals surface area (Å²) in [5.74, 6) is 0.398. The number of hydrogen-bond donors (Lipinski definition) is 0. The molecule has 0 saturated carbocycles. The van der Waals surface area contributed by atoms with Crippen molar-refractivity contribution in [2.24, 2.45) is 7.05 Å². The van der Waals surface area contributed by atoms with Crippen LogP contribution in [0.2, 0.25) is 5.02 Å². The predicted molar refractivity (Wildman–Crippen MR) is 74.0 cm³/mol. The maximum atomic E-state index is 12.4. The smallest absolute Gasteiger partial charge is 0.211 e. The summed E-state index contributed by atoms with van der Waals surface area (Å²) in [6.07, 6.45) is 0.797. The van der Waals surface area contributed by atoms with Gasteiger partial charge in [0.2, 0.25) is 5.78 Å². The van der Waals surface area contributed by atoms with Crippen LogP contribution in [0.4, 0.5) is 0 Å². The van der Waals surface area contributed by atoms with Gasteiger partial charge in [-0.2, -0.15) is 5.10 Å². The number of aryl methyl sites for hydroxylation is 2. The molecule has 2 aromatic rings. The Kier molecular flexibility index (Phi) is 3.90. The first-order valence-corrected chi connectivity index (χ1v) is 6.35. The first kappa shape index (κ1) is 13.6. The lowest BCUT2D eigenvalue weighted by atomic mass is 10.1. The van der Waals surface area contributed by atoms with Gasteiger partial charge in [0.05, 0.1) is 17.8 Å². The largest absolute Gasteiger partial charge is 0.495 e. The number of rotatable bonds is 4. The number of aromatic nitrogens is 2. The third-order valence-corrected chi connectivity index (χ3v) is 3.25. The van der Waals surface area contributed by atoms with E-state index in [-0.39, 0.29) is 5.78 Å². The van der Waals surface area contributed by atoms with Crippen LogP contribution in [-0.2, 0) is 13.5 Å². The van der Waals surface area contributed by atoms with Crippen molar-refractivity contribution < 1.29 is 9.53 Å². The van der Waals surface area contributed by atoms with Gasteiger partial charge in [0.25, 0.3) is 0 Å². The van der Waals surface area contributed by atoms with E-state index in [1.54, 1.807) is 29.9 Å². The second-order valence-electron chi connectivity index (χ2n) is 4.18. The molecule has 2 rings (SSSR count). The predicted octanol–water partition coefficient (Wildman–Crippen LogP) is 2.88. The SMILES string of the molecule is CCc1cc(C(=O)c2ccc(Cl)c(OC)c2)n(C)n1. The second kappa shape index (κ2) is 5.45. The molecule has 0 radical (unpaired) electrons. The molecule has 0 amide bonds. The van der Waals surface area contributed by atoms with Gasteiger partial charge in [-0.05, 0) is 30.7 Å². The number of ketones is 1. The molecule has 19 heavy (non-hydrogen) atoms. The summed E-state index contributed by atoms with van der Waals surface area (Å²) in [6.45, 7) is 2.00. The summed E-state index contributed by atoms with van der Waals surface area (Å²) in [5.41, 5.74) is 1.99. The number of carbonyl (C=O) groups excluding carboxylic acids is 1. The molecule has 0 atom stereocenters. The summed E-state index contributed by atoms with van der Waals surface area (Å²) in [4.78, 5) is 12.4. The monoisotopic (exact) mass is 278 g/mol. The van der Waals surface area contributed by atoms with E-state index in [2.05, 4.69) is 5.10 Å². The van der Waals surface area contributed by atoms with Crippen LogP contribution in [0, 0.1) is 0 Å². The lowest BCUT2D eigenvalue weighted by molar-refractivity contribution is 0.103. The fraction of sp³-hybridized carbons (Fsp3) is 0.286. The molecular formula is C14H15ClN2O2. The van der Waals surface area contributed by atoms with Gasteiger partial charge in [0, 0.05) is 12.6 Å². The Bertz CT molecular complexity index is 620. The third-order valence-electron chi connectivity index (χ3n) is 2.94. The number of nitrogens with zero attached hydrogens (tertiary/aromatic N) is 2. The normalized spacial score (nSPS) is 10.5. The van der Waals surface area contributed by atoms with Gasteiger partial charge in [-0.15, -0.1) is 0 Å². The molecule has 4 nitrogen and oxygen atoms in total. The van der Waals surface area contributed by atoms with Crippen molar-refractivity contribution in [1.29, 1.82) is 0 Å². The fourth-order valence-corrected chi connectivity index (χ4v) is 2.06. The van der Waals surface area contributed by atoms with Gasteiger partial charge in [0.15, 0.2) is 0 Å². The van der Waals surface area contributed by atoms with E-state index in [1.807, 2.05) is 13.0 Å². The summed E-state index contributed by atoms with van der Waals surface area (Å²) in [7, 11) is 3.29. The highest BCUT2D eigenvalue weighted by molar-refractivity contribution is 6.32. The Morgan fingerprint density at radius 1 is 1.42 bits per heavy atom. The molecule has 0 fully saturated rings. The number of carbonyl (C=O) groups is 1. The van der Waals surface area contributed by atoms with Crippen molar-refractivity contribution in [3.63, 3.8) is 0 Å². The maximum absolute atomic E-state index is 12.4.